The molecule has 3 heterocycles. The second-order valence-electron chi connectivity index (χ2n) is 5.68. The number of rotatable bonds is 2. The second kappa shape index (κ2) is 5.33. The molecule has 2 aliphatic heterocycles. The Morgan fingerprint density at radius 1 is 1.35 bits per heavy atom. The number of anilines is 1. The molecule has 0 spiro atoms. The van der Waals surface area contributed by atoms with Crippen molar-refractivity contribution in [3.05, 3.63) is 10.6 Å². The number of carbonyl (C=O) groups excluding carboxylic acids is 1. The van der Waals surface area contributed by atoms with Gasteiger partial charge in [0.25, 0.3) is 0 Å². The Labute approximate surface area is 123 Å². The van der Waals surface area contributed by atoms with Crippen molar-refractivity contribution in [1.82, 2.24) is 9.88 Å². The van der Waals surface area contributed by atoms with E-state index in [0.717, 1.165) is 23.1 Å². The van der Waals surface area contributed by atoms with Gasteiger partial charge in [0.15, 0.2) is 10.8 Å². The van der Waals surface area contributed by atoms with E-state index < -0.39 is 0 Å². The van der Waals surface area contributed by atoms with E-state index >= 15 is 0 Å². The van der Waals surface area contributed by atoms with Gasteiger partial charge in [0, 0.05) is 30.1 Å². The normalized spacial score (nSPS) is 26.6. The van der Waals surface area contributed by atoms with E-state index in [4.69, 9.17) is 4.74 Å². The number of aromatic nitrogens is 1. The van der Waals surface area contributed by atoms with Crippen LogP contribution in [0.1, 0.15) is 34.6 Å². The number of likely N-dealkylation sites (N-methyl/N-ethyl adjacent to an activating group) is 1. The molecule has 0 radical (unpaired) electrons. The number of fused-ring (bicyclic) bond motifs is 2. The lowest BCUT2D eigenvalue weighted by atomic mass is 10.1. The lowest BCUT2D eigenvalue weighted by Crippen LogP contribution is -2.36. The van der Waals surface area contributed by atoms with Crippen LogP contribution in [0.25, 0.3) is 0 Å². The van der Waals surface area contributed by atoms with Gasteiger partial charge in [-0.25, -0.2) is 9.78 Å². The van der Waals surface area contributed by atoms with Gasteiger partial charge in [-0.1, -0.05) is 0 Å². The fourth-order valence-electron chi connectivity index (χ4n) is 3.29. The van der Waals surface area contributed by atoms with Crippen molar-refractivity contribution >= 4 is 22.4 Å². The Morgan fingerprint density at radius 3 is 2.85 bits per heavy atom. The number of ether oxygens (including phenoxy) is 1. The van der Waals surface area contributed by atoms with Crippen LogP contribution in [0.15, 0.2) is 0 Å². The third-order valence-electron chi connectivity index (χ3n) is 4.58. The van der Waals surface area contributed by atoms with Crippen LogP contribution >= 0.6 is 11.3 Å². The molecule has 0 amide bonds. The summed E-state index contributed by atoms with van der Waals surface area (Å²) in [5.41, 5.74) is 0.468. The van der Waals surface area contributed by atoms with Crippen molar-refractivity contribution in [2.45, 2.75) is 38.3 Å². The summed E-state index contributed by atoms with van der Waals surface area (Å²) >= 11 is 1.60. The highest BCUT2D eigenvalue weighted by Crippen LogP contribution is 2.33. The maximum atomic E-state index is 11.7. The molecule has 0 aliphatic carbocycles. The first-order valence-electron chi connectivity index (χ1n) is 7.12. The van der Waals surface area contributed by atoms with Crippen LogP contribution in [-0.2, 0) is 4.74 Å². The summed E-state index contributed by atoms with van der Waals surface area (Å²) in [6.07, 6.45) is 3.77. The number of thiazole rings is 1. The van der Waals surface area contributed by atoms with Crippen LogP contribution < -0.4 is 4.90 Å². The third-order valence-corrected chi connectivity index (χ3v) is 5.61. The molecular weight excluding hydrogens is 274 g/mol. The highest BCUT2D eigenvalue weighted by atomic mass is 32.1. The van der Waals surface area contributed by atoms with Crippen LogP contribution in [0.5, 0.6) is 0 Å². The minimum absolute atomic E-state index is 0.335. The van der Waals surface area contributed by atoms with Crippen LogP contribution in [-0.4, -0.2) is 55.2 Å². The number of carbonyl (C=O) groups is 1. The van der Waals surface area contributed by atoms with Gasteiger partial charge in [-0.3, -0.25) is 4.90 Å². The Bertz CT molecular complexity index is 517. The number of aryl methyl sites for hydroxylation is 1. The lowest BCUT2D eigenvalue weighted by molar-refractivity contribution is 0.0594. The van der Waals surface area contributed by atoms with Crippen LogP contribution in [0.2, 0.25) is 0 Å². The fraction of sp³-hybridized carbons (Fsp3) is 0.714. The minimum atomic E-state index is -0.335. The highest BCUT2D eigenvalue weighted by Gasteiger charge is 2.35. The van der Waals surface area contributed by atoms with Crippen molar-refractivity contribution in [1.29, 1.82) is 0 Å². The van der Waals surface area contributed by atoms with Gasteiger partial charge in [0.1, 0.15) is 0 Å². The molecule has 1 aromatic heterocycles. The fourth-order valence-corrected chi connectivity index (χ4v) is 4.22. The zero-order valence-electron chi connectivity index (χ0n) is 12.3. The summed E-state index contributed by atoms with van der Waals surface area (Å²) in [5, 5.41) is 0.962. The highest BCUT2D eigenvalue weighted by molar-refractivity contribution is 7.15. The monoisotopic (exact) mass is 295 g/mol. The SMILES string of the molecule is COC(=O)c1nc(N2CCC3CCC(C2)N3C)sc1C. The molecule has 5 nitrogen and oxygen atoms in total. The van der Waals surface area contributed by atoms with Crippen molar-refractivity contribution in [2.75, 3.05) is 32.1 Å². The Hall–Kier alpha value is -1.14. The molecule has 6 heteroatoms. The van der Waals surface area contributed by atoms with E-state index in [-0.39, 0.29) is 5.97 Å². The zero-order chi connectivity index (χ0) is 14.3. The number of hydrogen-bond acceptors (Lipinski definition) is 6. The van der Waals surface area contributed by atoms with Crippen molar-refractivity contribution in [2.24, 2.45) is 0 Å². The molecule has 0 saturated carbocycles. The summed E-state index contributed by atoms with van der Waals surface area (Å²) < 4.78 is 4.79. The van der Waals surface area contributed by atoms with Gasteiger partial charge in [0.05, 0.1) is 7.11 Å². The smallest absolute Gasteiger partial charge is 0.357 e. The first-order chi connectivity index (χ1) is 9.60. The lowest BCUT2D eigenvalue weighted by Gasteiger charge is -2.25. The molecule has 0 N–H and O–H groups in total. The molecule has 20 heavy (non-hydrogen) atoms. The van der Waals surface area contributed by atoms with Gasteiger partial charge >= 0.3 is 5.97 Å². The number of nitrogens with zero attached hydrogens (tertiary/aromatic N) is 3. The summed E-state index contributed by atoms with van der Waals surface area (Å²) in [6, 6.07) is 1.33. The van der Waals surface area contributed by atoms with Crippen molar-refractivity contribution < 1.29 is 9.53 Å². The first kappa shape index (κ1) is 13.8. The van der Waals surface area contributed by atoms with Gasteiger partial charge in [-0.2, -0.15) is 0 Å². The summed E-state index contributed by atoms with van der Waals surface area (Å²) in [4.78, 5) is 22.0. The minimum Gasteiger partial charge on any atom is -0.464 e. The van der Waals surface area contributed by atoms with Crippen LogP contribution in [0.3, 0.4) is 0 Å². The number of hydrogen-bond donors (Lipinski definition) is 0. The maximum Gasteiger partial charge on any atom is 0.357 e. The topological polar surface area (TPSA) is 45.7 Å². The van der Waals surface area contributed by atoms with Crippen LogP contribution in [0.4, 0.5) is 5.13 Å². The zero-order valence-corrected chi connectivity index (χ0v) is 13.1. The third kappa shape index (κ3) is 2.31. The molecule has 2 unspecified atom stereocenters. The Morgan fingerprint density at radius 2 is 2.10 bits per heavy atom. The van der Waals surface area contributed by atoms with E-state index in [1.54, 1.807) is 11.3 Å². The largest absolute Gasteiger partial charge is 0.464 e. The Kier molecular flexibility index (Phi) is 3.69. The quantitative estimate of drug-likeness (QED) is 0.780. The predicted octanol–water partition coefficient (Wildman–Crippen LogP) is 1.91. The molecule has 2 fully saturated rings. The molecule has 2 aliphatic rings. The van der Waals surface area contributed by atoms with Crippen molar-refractivity contribution in [3.63, 3.8) is 0 Å². The summed E-state index contributed by atoms with van der Waals surface area (Å²) in [7, 11) is 3.64. The number of methoxy groups -OCH3 is 1. The molecule has 110 valence electrons. The summed E-state index contributed by atoms with van der Waals surface area (Å²) in [5.74, 6) is -0.335. The number of esters is 1. The van der Waals surface area contributed by atoms with E-state index in [0.29, 0.717) is 17.8 Å². The van der Waals surface area contributed by atoms with Gasteiger partial charge in [0.2, 0.25) is 0 Å². The second-order valence-corrected chi connectivity index (χ2v) is 6.86. The standard InChI is InChI=1S/C14H21N3O2S/c1-9-12(13(18)19-3)15-14(20-9)17-7-6-10-4-5-11(8-17)16(10)2/h10-11H,4-8H2,1-3H3. The molecule has 2 atom stereocenters. The average molecular weight is 295 g/mol. The van der Waals surface area contributed by atoms with Gasteiger partial charge in [-0.15, -0.1) is 11.3 Å². The maximum absolute atomic E-state index is 11.7. The average Bonchev–Trinajstić information content (AvgIpc) is 2.90. The molecule has 1 aromatic rings. The van der Waals surface area contributed by atoms with Gasteiger partial charge < -0.3 is 9.64 Å². The van der Waals surface area contributed by atoms with Gasteiger partial charge in [-0.05, 0) is 33.2 Å². The first-order valence-corrected chi connectivity index (χ1v) is 7.94. The Balaban J connectivity index is 1.81. The van der Waals surface area contributed by atoms with E-state index in [9.17, 15) is 4.79 Å². The van der Waals surface area contributed by atoms with Crippen molar-refractivity contribution in [3.8, 4) is 0 Å². The molecule has 2 saturated heterocycles. The molecule has 3 rings (SSSR count). The predicted molar refractivity (Wildman–Crippen MR) is 79.6 cm³/mol. The molecular formula is C14H21N3O2S. The van der Waals surface area contributed by atoms with E-state index in [1.807, 2.05) is 6.92 Å². The van der Waals surface area contributed by atoms with E-state index in [2.05, 4.69) is 21.8 Å². The molecule has 2 bridgehead atoms. The van der Waals surface area contributed by atoms with E-state index in [1.165, 1.54) is 26.4 Å². The summed E-state index contributed by atoms with van der Waals surface area (Å²) in [6.45, 7) is 3.98. The molecule has 0 aromatic carbocycles. The van der Waals surface area contributed by atoms with Crippen LogP contribution in [0, 0.1) is 6.92 Å².